The smallest absolute Gasteiger partial charge is 0.223 e. The van der Waals surface area contributed by atoms with Crippen LogP contribution in [0, 0.1) is 5.92 Å². The van der Waals surface area contributed by atoms with Gasteiger partial charge in [-0.15, -0.1) is 0 Å². The molecule has 0 aliphatic carbocycles. The highest BCUT2D eigenvalue weighted by Crippen LogP contribution is 2.00. The minimum atomic E-state index is -0.0259. The molecule has 0 aliphatic heterocycles. The maximum Gasteiger partial charge on any atom is 0.223 e. The van der Waals surface area contributed by atoms with E-state index < -0.39 is 0 Å². The molecule has 1 amide bonds. The monoisotopic (exact) mass is 287 g/mol. The van der Waals surface area contributed by atoms with Crippen LogP contribution in [-0.2, 0) is 11.3 Å². The Hall–Kier alpha value is -1.74. The van der Waals surface area contributed by atoms with Crippen LogP contribution < -0.4 is 5.32 Å². The molecule has 0 radical (unpaired) electrons. The summed E-state index contributed by atoms with van der Waals surface area (Å²) in [6.07, 6.45) is 0. The van der Waals surface area contributed by atoms with E-state index in [2.05, 4.69) is 17.9 Å². The van der Waals surface area contributed by atoms with Crippen molar-refractivity contribution in [1.82, 2.24) is 5.32 Å². The summed E-state index contributed by atoms with van der Waals surface area (Å²) in [5.41, 5.74) is 1.12. The van der Waals surface area contributed by atoms with Crippen LogP contribution in [0.5, 0.6) is 0 Å². The topological polar surface area (TPSA) is 29.1 Å². The Labute approximate surface area is 126 Å². The second-order valence-electron chi connectivity index (χ2n) is 4.44. The first-order valence-electron chi connectivity index (χ1n) is 6.66. The summed E-state index contributed by atoms with van der Waals surface area (Å²) in [6, 6.07) is 21.9. The van der Waals surface area contributed by atoms with E-state index in [1.54, 1.807) is 0 Å². The van der Waals surface area contributed by atoms with Crippen LogP contribution in [0.1, 0.15) is 12.5 Å². The number of hydrogen-bond donors (Lipinski definition) is 2. The van der Waals surface area contributed by atoms with Crippen molar-refractivity contribution in [2.45, 2.75) is 13.5 Å². The van der Waals surface area contributed by atoms with Crippen LogP contribution in [0.25, 0.3) is 0 Å². The third kappa shape index (κ3) is 7.00. The zero-order valence-corrected chi connectivity index (χ0v) is 12.6. The van der Waals surface area contributed by atoms with E-state index in [0.29, 0.717) is 12.3 Å². The van der Waals surface area contributed by atoms with Crippen LogP contribution in [0.2, 0.25) is 0 Å². The molecule has 1 atom stereocenters. The highest BCUT2D eigenvalue weighted by molar-refractivity contribution is 7.80. The molecule has 0 aliphatic rings. The molecule has 3 heteroatoms. The first kappa shape index (κ1) is 16.3. The number of thiol groups is 1. The summed E-state index contributed by atoms with van der Waals surface area (Å²) >= 11 is 4.07. The number of nitrogens with one attached hydrogen (secondary N) is 1. The van der Waals surface area contributed by atoms with Gasteiger partial charge in [-0.05, 0) is 5.56 Å². The lowest BCUT2D eigenvalue weighted by Crippen LogP contribution is -2.29. The predicted octanol–water partition coefficient (Wildman–Crippen LogP) is 3.56. The molecule has 0 aromatic heterocycles. The van der Waals surface area contributed by atoms with Gasteiger partial charge in [-0.1, -0.05) is 73.7 Å². The van der Waals surface area contributed by atoms with Gasteiger partial charge in [0.15, 0.2) is 0 Å². The molecule has 0 spiro atoms. The van der Waals surface area contributed by atoms with E-state index in [1.807, 2.05) is 73.7 Å². The number of carbonyl (C=O) groups is 1. The summed E-state index contributed by atoms with van der Waals surface area (Å²) in [7, 11) is 0. The predicted molar refractivity (Wildman–Crippen MR) is 87.7 cm³/mol. The van der Waals surface area contributed by atoms with E-state index >= 15 is 0 Å². The minimum absolute atomic E-state index is 0.0259. The largest absolute Gasteiger partial charge is 0.352 e. The molecule has 0 bridgehead atoms. The standard InChI is InChI=1S/C11H15NOS.C6H6/c1-9(8-14)11(13)12-7-10-5-3-2-4-6-10;1-2-4-6-5-3-1/h2-6,9,14H,7-8H2,1H3,(H,12,13);1-6H. The zero-order chi connectivity index (χ0) is 14.6. The lowest BCUT2D eigenvalue weighted by molar-refractivity contribution is -0.123. The maximum absolute atomic E-state index is 11.4. The summed E-state index contributed by atoms with van der Waals surface area (Å²) in [5, 5.41) is 2.86. The molecule has 1 unspecified atom stereocenters. The molecule has 0 saturated carbocycles. The molecule has 2 aromatic carbocycles. The van der Waals surface area contributed by atoms with Gasteiger partial charge in [0.1, 0.15) is 0 Å². The third-order valence-corrected chi connectivity index (χ3v) is 3.25. The first-order valence-corrected chi connectivity index (χ1v) is 7.29. The third-order valence-electron chi connectivity index (χ3n) is 2.70. The van der Waals surface area contributed by atoms with Crippen molar-refractivity contribution in [3.8, 4) is 0 Å². The number of amides is 1. The normalized spacial score (nSPS) is 10.9. The van der Waals surface area contributed by atoms with Gasteiger partial charge in [0, 0.05) is 18.2 Å². The van der Waals surface area contributed by atoms with Crippen molar-refractivity contribution in [2.75, 3.05) is 5.75 Å². The molecule has 2 rings (SSSR count). The molecule has 2 nitrogen and oxygen atoms in total. The molecule has 0 fully saturated rings. The second-order valence-corrected chi connectivity index (χ2v) is 4.81. The Kier molecular flexibility index (Phi) is 8.24. The van der Waals surface area contributed by atoms with Crippen molar-refractivity contribution in [1.29, 1.82) is 0 Å². The van der Waals surface area contributed by atoms with E-state index in [4.69, 9.17) is 0 Å². The van der Waals surface area contributed by atoms with Crippen molar-refractivity contribution in [3.05, 3.63) is 72.3 Å². The number of hydrogen-bond acceptors (Lipinski definition) is 2. The van der Waals surface area contributed by atoms with Gasteiger partial charge in [0.25, 0.3) is 0 Å². The number of carbonyl (C=O) groups excluding carboxylic acids is 1. The van der Waals surface area contributed by atoms with Crippen LogP contribution >= 0.6 is 12.6 Å². The Morgan fingerprint density at radius 1 is 1.00 bits per heavy atom. The van der Waals surface area contributed by atoms with Gasteiger partial charge < -0.3 is 5.32 Å². The molecule has 0 saturated heterocycles. The minimum Gasteiger partial charge on any atom is -0.352 e. The molecular weight excluding hydrogens is 266 g/mol. The molecule has 0 heterocycles. The summed E-state index contributed by atoms with van der Waals surface area (Å²) in [6.45, 7) is 2.46. The highest BCUT2D eigenvalue weighted by atomic mass is 32.1. The Morgan fingerprint density at radius 3 is 1.90 bits per heavy atom. The SMILES string of the molecule is CC(CS)C(=O)NCc1ccccc1.c1ccccc1. The lowest BCUT2D eigenvalue weighted by Gasteiger charge is -2.09. The Bertz CT molecular complexity index is 446. The second kappa shape index (κ2) is 10.1. The maximum atomic E-state index is 11.4. The van der Waals surface area contributed by atoms with Gasteiger partial charge in [-0.3, -0.25) is 4.79 Å². The first-order chi connectivity index (χ1) is 9.74. The van der Waals surface area contributed by atoms with Crippen molar-refractivity contribution in [2.24, 2.45) is 5.92 Å². The summed E-state index contributed by atoms with van der Waals surface area (Å²) in [5.74, 6) is 0.617. The molecular formula is C17H21NOS. The van der Waals surface area contributed by atoms with Gasteiger partial charge in [-0.25, -0.2) is 0 Å². The van der Waals surface area contributed by atoms with Crippen LogP contribution in [0.3, 0.4) is 0 Å². The average Bonchev–Trinajstić information content (AvgIpc) is 2.55. The van der Waals surface area contributed by atoms with E-state index in [0.717, 1.165) is 5.56 Å². The van der Waals surface area contributed by atoms with Gasteiger partial charge in [-0.2, -0.15) is 12.6 Å². The fraction of sp³-hybridized carbons (Fsp3) is 0.235. The van der Waals surface area contributed by atoms with Crippen LogP contribution in [0.4, 0.5) is 0 Å². The Balaban J connectivity index is 0.000000276. The van der Waals surface area contributed by atoms with Crippen molar-refractivity contribution in [3.63, 3.8) is 0 Å². The fourth-order valence-electron chi connectivity index (χ4n) is 1.43. The lowest BCUT2D eigenvalue weighted by atomic mass is 10.2. The molecule has 1 N–H and O–H groups in total. The zero-order valence-electron chi connectivity index (χ0n) is 11.7. The van der Waals surface area contributed by atoms with E-state index in [9.17, 15) is 4.79 Å². The quantitative estimate of drug-likeness (QED) is 0.827. The fourth-order valence-corrected chi connectivity index (χ4v) is 1.59. The van der Waals surface area contributed by atoms with Crippen molar-refractivity contribution >= 4 is 18.5 Å². The van der Waals surface area contributed by atoms with Gasteiger partial charge >= 0.3 is 0 Å². The van der Waals surface area contributed by atoms with Crippen LogP contribution in [0.15, 0.2) is 66.7 Å². The highest BCUT2D eigenvalue weighted by Gasteiger charge is 2.09. The van der Waals surface area contributed by atoms with E-state index in [-0.39, 0.29) is 11.8 Å². The number of rotatable bonds is 4. The summed E-state index contributed by atoms with van der Waals surface area (Å²) < 4.78 is 0. The Morgan fingerprint density at radius 2 is 1.45 bits per heavy atom. The average molecular weight is 287 g/mol. The summed E-state index contributed by atoms with van der Waals surface area (Å²) in [4.78, 5) is 11.4. The van der Waals surface area contributed by atoms with Crippen molar-refractivity contribution < 1.29 is 4.79 Å². The number of benzene rings is 2. The molecule has 2 aromatic rings. The van der Waals surface area contributed by atoms with Gasteiger partial charge in [0.05, 0.1) is 0 Å². The molecule has 106 valence electrons. The van der Waals surface area contributed by atoms with Crippen LogP contribution in [-0.4, -0.2) is 11.7 Å². The van der Waals surface area contributed by atoms with Gasteiger partial charge in [0.2, 0.25) is 5.91 Å². The van der Waals surface area contributed by atoms with E-state index in [1.165, 1.54) is 0 Å². The molecule has 20 heavy (non-hydrogen) atoms.